The fourth-order valence-corrected chi connectivity index (χ4v) is 3.45. The smallest absolute Gasteiger partial charge is 0.292 e. The molecule has 8 nitrogen and oxygen atoms in total. The van der Waals surface area contributed by atoms with Crippen LogP contribution in [0.1, 0.15) is 5.56 Å². The first-order valence-corrected chi connectivity index (χ1v) is 9.67. The first-order valence-electron chi connectivity index (χ1n) is 9.26. The Bertz CT molecular complexity index is 1140. The van der Waals surface area contributed by atoms with Crippen molar-refractivity contribution in [1.29, 1.82) is 0 Å². The van der Waals surface area contributed by atoms with Crippen LogP contribution in [-0.4, -0.2) is 23.1 Å². The minimum atomic E-state index is -0.495. The van der Waals surface area contributed by atoms with Crippen molar-refractivity contribution in [3.63, 3.8) is 0 Å². The molecule has 0 saturated carbocycles. The summed E-state index contributed by atoms with van der Waals surface area (Å²) in [6.07, 6.45) is -0.00405. The molecule has 0 heterocycles. The third-order valence-electron chi connectivity index (χ3n) is 4.47. The quantitative estimate of drug-likeness (QED) is 0.325. The van der Waals surface area contributed by atoms with Crippen molar-refractivity contribution in [3.05, 3.63) is 88.5 Å². The highest BCUT2D eigenvalue weighted by atomic mass is 32.1. The molecule has 0 saturated heterocycles. The Balaban J connectivity index is 2.13. The zero-order chi connectivity index (χ0) is 22.4. The van der Waals surface area contributed by atoms with Crippen LogP contribution in [0.2, 0.25) is 0 Å². The fraction of sp³-hybridized carbons (Fsp3) is 0.0909. The summed E-state index contributed by atoms with van der Waals surface area (Å²) in [5.41, 5.74) is 7.40. The number of nitro benzene ring substituents is 1. The van der Waals surface area contributed by atoms with Gasteiger partial charge in [-0.15, -0.1) is 0 Å². The number of nitrogens with one attached hydrogen (secondary N) is 1. The van der Waals surface area contributed by atoms with E-state index in [0.717, 1.165) is 0 Å². The summed E-state index contributed by atoms with van der Waals surface area (Å²) in [7, 11) is 1.53. The topological polar surface area (TPSA) is 111 Å². The SMILES string of the molecule is COc1ccccc1N(C(=S)Nc1ccccc1[N+](=O)[O-])c1ccccc1CC(N)=O. The molecule has 0 aliphatic rings. The van der Waals surface area contributed by atoms with Gasteiger partial charge >= 0.3 is 0 Å². The summed E-state index contributed by atoms with van der Waals surface area (Å²) in [4.78, 5) is 24.2. The third kappa shape index (κ3) is 4.96. The number of nitro groups is 1. The predicted octanol–water partition coefficient (Wildman–Crippen LogP) is 4.17. The Morgan fingerprint density at radius 2 is 1.68 bits per heavy atom. The molecule has 0 spiro atoms. The minimum absolute atomic E-state index is 0.00405. The average molecular weight is 436 g/mol. The first-order chi connectivity index (χ1) is 14.9. The van der Waals surface area contributed by atoms with E-state index in [9.17, 15) is 14.9 Å². The molecule has 1 amide bonds. The van der Waals surface area contributed by atoms with Gasteiger partial charge in [-0.3, -0.25) is 19.8 Å². The lowest BCUT2D eigenvalue weighted by molar-refractivity contribution is -0.383. The molecule has 0 fully saturated rings. The molecule has 0 bridgehead atoms. The molecule has 0 aliphatic carbocycles. The van der Waals surface area contributed by atoms with E-state index in [1.807, 2.05) is 12.1 Å². The van der Waals surface area contributed by atoms with E-state index in [1.54, 1.807) is 59.5 Å². The van der Waals surface area contributed by atoms with Crippen molar-refractivity contribution in [2.24, 2.45) is 5.73 Å². The highest BCUT2D eigenvalue weighted by molar-refractivity contribution is 7.80. The van der Waals surface area contributed by atoms with Gasteiger partial charge < -0.3 is 15.8 Å². The number of carbonyl (C=O) groups is 1. The van der Waals surface area contributed by atoms with Crippen LogP contribution < -0.4 is 20.7 Å². The predicted molar refractivity (Wildman–Crippen MR) is 124 cm³/mol. The molecule has 3 N–H and O–H groups in total. The Morgan fingerprint density at radius 1 is 1.06 bits per heavy atom. The monoisotopic (exact) mass is 436 g/mol. The largest absolute Gasteiger partial charge is 0.495 e. The van der Waals surface area contributed by atoms with Gasteiger partial charge in [0.05, 0.1) is 29.8 Å². The highest BCUT2D eigenvalue weighted by Crippen LogP contribution is 2.37. The summed E-state index contributed by atoms with van der Waals surface area (Å²) in [6, 6.07) is 20.6. The van der Waals surface area contributed by atoms with Gasteiger partial charge in [0.25, 0.3) is 5.69 Å². The number of rotatable bonds is 7. The van der Waals surface area contributed by atoms with Crippen molar-refractivity contribution >= 4 is 46.0 Å². The number of hydrogen-bond donors (Lipinski definition) is 2. The average Bonchev–Trinajstić information content (AvgIpc) is 2.75. The summed E-state index contributed by atoms with van der Waals surface area (Å²) in [5.74, 6) is 0.0353. The Labute approximate surface area is 184 Å². The van der Waals surface area contributed by atoms with Gasteiger partial charge in [0.1, 0.15) is 11.4 Å². The maximum absolute atomic E-state index is 11.6. The lowest BCUT2D eigenvalue weighted by atomic mass is 10.1. The number of carbonyl (C=O) groups excluding carboxylic acids is 1. The molecule has 0 atom stereocenters. The Hall–Kier alpha value is -3.98. The number of amides is 1. The first kappa shape index (κ1) is 21.7. The van der Waals surface area contributed by atoms with Crippen LogP contribution in [0.25, 0.3) is 0 Å². The third-order valence-corrected chi connectivity index (χ3v) is 4.75. The standard InChI is InChI=1S/C22H20N4O4S/c1-30-20-13-7-6-12-19(20)25(17-10-4-2-8-15(17)14-21(23)27)22(31)24-16-9-3-5-11-18(16)26(28)29/h2-13H,14H2,1H3,(H2,23,27)(H,24,31). The molecule has 0 aliphatic heterocycles. The van der Waals surface area contributed by atoms with Crippen molar-refractivity contribution in [2.75, 3.05) is 17.3 Å². The van der Waals surface area contributed by atoms with Crippen molar-refractivity contribution < 1.29 is 14.5 Å². The molecule has 31 heavy (non-hydrogen) atoms. The lowest BCUT2D eigenvalue weighted by Gasteiger charge is -2.29. The van der Waals surface area contributed by atoms with E-state index in [0.29, 0.717) is 22.7 Å². The number of anilines is 3. The van der Waals surface area contributed by atoms with Crippen LogP contribution >= 0.6 is 12.2 Å². The van der Waals surface area contributed by atoms with E-state index < -0.39 is 10.8 Å². The van der Waals surface area contributed by atoms with Crippen molar-refractivity contribution in [1.82, 2.24) is 0 Å². The van der Waals surface area contributed by atoms with E-state index in [2.05, 4.69) is 5.32 Å². The lowest BCUT2D eigenvalue weighted by Crippen LogP contribution is -2.32. The van der Waals surface area contributed by atoms with Gasteiger partial charge in [0.2, 0.25) is 5.91 Å². The second-order valence-electron chi connectivity index (χ2n) is 6.48. The van der Waals surface area contributed by atoms with E-state index in [4.69, 9.17) is 22.7 Å². The molecule has 0 aromatic heterocycles. The number of nitrogens with zero attached hydrogens (tertiary/aromatic N) is 2. The van der Waals surface area contributed by atoms with Crippen LogP contribution in [0.5, 0.6) is 5.75 Å². The number of benzene rings is 3. The number of primary amides is 1. The van der Waals surface area contributed by atoms with E-state index in [1.165, 1.54) is 13.2 Å². The zero-order valence-corrected chi connectivity index (χ0v) is 17.5. The van der Waals surface area contributed by atoms with Crippen LogP contribution in [0.15, 0.2) is 72.8 Å². The molecule has 3 aromatic carbocycles. The molecule has 0 radical (unpaired) electrons. The van der Waals surface area contributed by atoms with Gasteiger partial charge in [0, 0.05) is 6.07 Å². The molecule has 9 heteroatoms. The summed E-state index contributed by atoms with van der Waals surface area (Å²) in [6.45, 7) is 0. The zero-order valence-electron chi connectivity index (χ0n) is 16.6. The van der Waals surface area contributed by atoms with Crippen LogP contribution in [0.4, 0.5) is 22.7 Å². The molecule has 3 rings (SSSR count). The molecule has 158 valence electrons. The number of nitrogens with two attached hydrogens (primary N) is 1. The van der Waals surface area contributed by atoms with Crippen molar-refractivity contribution in [2.45, 2.75) is 6.42 Å². The summed E-state index contributed by atoms with van der Waals surface area (Å²) < 4.78 is 5.50. The normalized spacial score (nSPS) is 10.2. The van der Waals surface area contributed by atoms with E-state index in [-0.39, 0.29) is 22.9 Å². The number of ether oxygens (including phenoxy) is 1. The number of thiocarbonyl (C=S) groups is 1. The summed E-state index contributed by atoms with van der Waals surface area (Å²) in [5, 5.41) is 14.6. The van der Waals surface area contributed by atoms with Gasteiger partial charge in [-0.05, 0) is 42.0 Å². The minimum Gasteiger partial charge on any atom is -0.495 e. The Kier molecular flexibility index (Phi) is 6.78. The van der Waals surface area contributed by atoms with Crippen LogP contribution in [0, 0.1) is 10.1 Å². The van der Waals surface area contributed by atoms with Gasteiger partial charge in [-0.2, -0.15) is 0 Å². The van der Waals surface area contributed by atoms with Gasteiger partial charge in [-0.25, -0.2) is 0 Å². The highest BCUT2D eigenvalue weighted by Gasteiger charge is 2.23. The van der Waals surface area contributed by atoms with Crippen LogP contribution in [-0.2, 0) is 11.2 Å². The van der Waals surface area contributed by atoms with Gasteiger partial charge in [-0.1, -0.05) is 42.5 Å². The molecular weight excluding hydrogens is 416 g/mol. The second kappa shape index (κ2) is 9.68. The Morgan fingerprint density at radius 3 is 2.35 bits per heavy atom. The second-order valence-corrected chi connectivity index (χ2v) is 6.87. The number of methoxy groups -OCH3 is 1. The van der Waals surface area contributed by atoms with Crippen LogP contribution in [0.3, 0.4) is 0 Å². The molecule has 3 aromatic rings. The number of para-hydroxylation sites is 5. The van der Waals surface area contributed by atoms with E-state index >= 15 is 0 Å². The maximum atomic E-state index is 11.6. The number of hydrogen-bond acceptors (Lipinski definition) is 5. The van der Waals surface area contributed by atoms with Crippen molar-refractivity contribution in [3.8, 4) is 5.75 Å². The summed E-state index contributed by atoms with van der Waals surface area (Å²) >= 11 is 5.67. The maximum Gasteiger partial charge on any atom is 0.292 e. The molecular formula is C22H20N4O4S. The molecule has 0 unspecified atom stereocenters. The van der Waals surface area contributed by atoms with Gasteiger partial charge in [0.15, 0.2) is 5.11 Å². The fourth-order valence-electron chi connectivity index (χ4n) is 3.14.